The second-order valence-corrected chi connectivity index (χ2v) is 5.60. The molecule has 0 aliphatic rings. The maximum atomic E-state index is 6.14. The highest BCUT2D eigenvalue weighted by molar-refractivity contribution is 7.09. The highest BCUT2D eigenvalue weighted by Crippen LogP contribution is 2.17. The molecular formula is C14H17Cl2NS. The summed E-state index contributed by atoms with van der Waals surface area (Å²) >= 11 is 7.97. The average molecular weight is 302 g/mol. The lowest BCUT2D eigenvalue weighted by Gasteiger charge is -2.16. The Hall–Kier alpha value is -0.540. The molecule has 0 N–H and O–H groups in total. The van der Waals surface area contributed by atoms with E-state index in [1.807, 2.05) is 29.5 Å². The normalized spacial score (nSPS) is 10.4. The molecule has 0 aliphatic heterocycles. The van der Waals surface area contributed by atoms with Gasteiger partial charge in [-0.05, 0) is 36.5 Å². The molecule has 0 amide bonds. The van der Waals surface area contributed by atoms with Crippen LogP contribution in [0.25, 0.3) is 0 Å². The number of hydrogen-bond acceptors (Lipinski definition) is 2. The third-order valence-electron chi connectivity index (χ3n) is 2.72. The Kier molecular flexibility index (Phi) is 6.72. The summed E-state index contributed by atoms with van der Waals surface area (Å²) in [4.78, 5) is 3.75. The van der Waals surface area contributed by atoms with Gasteiger partial charge in [0.05, 0.1) is 0 Å². The zero-order valence-electron chi connectivity index (χ0n) is 10.3. The molecule has 0 atom stereocenters. The Bertz CT molecular complexity index is 457. The minimum absolute atomic E-state index is 0. The van der Waals surface area contributed by atoms with Crippen LogP contribution < -0.4 is 0 Å². The van der Waals surface area contributed by atoms with Crippen LogP contribution in [0, 0.1) is 0 Å². The molecule has 0 saturated heterocycles. The molecule has 2 aromatic rings. The molecule has 0 aliphatic carbocycles. The topological polar surface area (TPSA) is 3.24 Å². The van der Waals surface area contributed by atoms with E-state index in [4.69, 9.17) is 11.6 Å². The number of hydrogen-bond donors (Lipinski definition) is 0. The smallest absolute Gasteiger partial charge is 0.0451 e. The molecule has 0 bridgehead atoms. The third-order valence-corrected chi connectivity index (χ3v) is 4.02. The third kappa shape index (κ3) is 4.62. The summed E-state index contributed by atoms with van der Waals surface area (Å²) in [5.74, 6) is 0. The van der Waals surface area contributed by atoms with Gasteiger partial charge in [0.25, 0.3) is 0 Å². The first-order valence-electron chi connectivity index (χ1n) is 5.70. The molecule has 0 radical (unpaired) electrons. The molecule has 98 valence electrons. The zero-order chi connectivity index (χ0) is 12.1. The van der Waals surface area contributed by atoms with Gasteiger partial charge in [-0.3, -0.25) is 0 Å². The van der Waals surface area contributed by atoms with Crippen molar-refractivity contribution in [1.82, 2.24) is 4.90 Å². The molecule has 2 rings (SSSR count). The first-order chi connectivity index (χ1) is 8.25. The van der Waals surface area contributed by atoms with E-state index in [1.54, 1.807) is 0 Å². The molecular weight excluding hydrogens is 285 g/mol. The monoisotopic (exact) mass is 301 g/mol. The number of likely N-dealkylation sites (N-methyl/N-ethyl adjacent to an activating group) is 1. The fraction of sp³-hybridized carbons (Fsp3) is 0.286. The summed E-state index contributed by atoms with van der Waals surface area (Å²) in [7, 11) is 2.14. The van der Waals surface area contributed by atoms with Gasteiger partial charge in [0, 0.05) is 23.0 Å². The molecule has 1 aromatic heterocycles. The van der Waals surface area contributed by atoms with E-state index in [-0.39, 0.29) is 12.4 Å². The SMILES string of the molecule is CN(CCc1cccs1)Cc1ccccc1Cl.Cl. The highest BCUT2D eigenvalue weighted by Gasteiger charge is 2.04. The molecule has 1 aromatic carbocycles. The minimum Gasteiger partial charge on any atom is -0.302 e. The summed E-state index contributed by atoms with van der Waals surface area (Å²) in [5, 5.41) is 2.99. The number of benzene rings is 1. The van der Waals surface area contributed by atoms with Crippen LogP contribution in [0.15, 0.2) is 41.8 Å². The molecule has 0 fully saturated rings. The van der Waals surface area contributed by atoms with E-state index in [0.29, 0.717) is 0 Å². The van der Waals surface area contributed by atoms with Crippen molar-refractivity contribution in [3.8, 4) is 0 Å². The molecule has 0 saturated carbocycles. The minimum atomic E-state index is 0. The van der Waals surface area contributed by atoms with E-state index in [1.165, 1.54) is 10.4 Å². The standard InChI is InChI=1S/C14H16ClNS.ClH/c1-16(9-8-13-6-4-10-17-13)11-12-5-2-3-7-14(12)15;/h2-7,10H,8-9,11H2,1H3;1H. The molecule has 1 nitrogen and oxygen atoms in total. The zero-order valence-corrected chi connectivity index (χ0v) is 12.7. The summed E-state index contributed by atoms with van der Waals surface area (Å²) in [6.45, 7) is 1.97. The number of thiophene rings is 1. The molecule has 4 heteroatoms. The Balaban J connectivity index is 0.00000162. The van der Waals surface area contributed by atoms with Crippen molar-refractivity contribution in [1.29, 1.82) is 0 Å². The van der Waals surface area contributed by atoms with Crippen LogP contribution in [0.4, 0.5) is 0 Å². The van der Waals surface area contributed by atoms with Gasteiger partial charge < -0.3 is 4.90 Å². The molecule has 1 heterocycles. The van der Waals surface area contributed by atoms with Crippen LogP contribution in [0.5, 0.6) is 0 Å². The van der Waals surface area contributed by atoms with Gasteiger partial charge in [-0.15, -0.1) is 23.7 Å². The van der Waals surface area contributed by atoms with Gasteiger partial charge in [0.2, 0.25) is 0 Å². The lowest BCUT2D eigenvalue weighted by Crippen LogP contribution is -2.20. The summed E-state index contributed by atoms with van der Waals surface area (Å²) in [6, 6.07) is 12.3. The first kappa shape index (κ1) is 15.5. The van der Waals surface area contributed by atoms with Gasteiger partial charge in [-0.1, -0.05) is 35.9 Å². The summed E-state index contributed by atoms with van der Waals surface area (Å²) in [6.07, 6.45) is 1.11. The highest BCUT2D eigenvalue weighted by atomic mass is 35.5. The fourth-order valence-corrected chi connectivity index (χ4v) is 2.65. The van der Waals surface area contributed by atoms with Gasteiger partial charge in [0.1, 0.15) is 0 Å². The van der Waals surface area contributed by atoms with Crippen molar-refractivity contribution in [2.24, 2.45) is 0 Å². The van der Waals surface area contributed by atoms with E-state index in [9.17, 15) is 0 Å². The van der Waals surface area contributed by atoms with Gasteiger partial charge >= 0.3 is 0 Å². The van der Waals surface area contributed by atoms with Gasteiger partial charge in [0.15, 0.2) is 0 Å². The lowest BCUT2D eigenvalue weighted by molar-refractivity contribution is 0.332. The van der Waals surface area contributed by atoms with Crippen molar-refractivity contribution in [2.75, 3.05) is 13.6 Å². The summed E-state index contributed by atoms with van der Waals surface area (Å²) < 4.78 is 0. The first-order valence-corrected chi connectivity index (χ1v) is 6.96. The van der Waals surface area contributed by atoms with Gasteiger partial charge in [-0.25, -0.2) is 0 Å². The van der Waals surface area contributed by atoms with Crippen LogP contribution in [0.1, 0.15) is 10.4 Å². The fourth-order valence-electron chi connectivity index (χ4n) is 1.75. The van der Waals surface area contributed by atoms with Crippen molar-refractivity contribution in [3.05, 3.63) is 57.2 Å². The van der Waals surface area contributed by atoms with Crippen molar-refractivity contribution in [3.63, 3.8) is 0 Å². The van der Waals surface area contributed by atoms with E-state index < -0.39 is 0 Å². The van der Waals surface area contributed by atoms with Crippen LogP contribution in [0.3, 0.4) is 0 Å². The van der Waals surface area contributed by atoms with Crippen molar-refractivity contribution >= 4 is 35.3 Å². The quantitative estimate of drug-likeness (QED) is 0.786. The Morgan fingerprint density at radius 2 is 1.94 bits per heavy atom. The predicted octanol–water partition coefficient (Wildman–Crippen LogP) is 4.50. The largest absolute Gasteiger partial charge is 0.302 e. The second kappa shape index (κ2) is 7.80. The predicted molar refractivity (Wildman–Crippen MR) is 83.1 cm³/mol. The average Bonchev–Trinajstić information content (AvgIpc) is 2.82. The number of rotatable bonds is 5. The number of nitrogens with zero attached hydrogens (tertiary/aromatic N) is 1. The summed E-state index contributed by atoms with van der Waals surface area (Å²) in [5.41, 5.74) is 1.20. The van der Waals surface area contributed by atoms with E-state index in [2.05, 4.69) is 35.5 Å². The van der Waals surface area contributed by atoms with Crippen LogP contribution in [-0.2, 0) is 13.0 Å². The number of halogens is 2. The van der Waals surface area contributed by atoms with Crippen LogP contribution >= 0.6 is 35.3 Å². The maximum Gasteiger partial charge on any atom is 0.0451 e. The lowest BCUT2D eigenvalue weighted by atomic mass is 10.2. The Morgan fingerprint density at radius 1 is 1.17 bits per heavy atom. The molecule has 18 heavy (non-hydrogen) atoms. The second-order valence-electron chi connectivity index (χ2n) is 4.16. The Labute approximate surface area is 124 Å². The van der Waals surface area contributed by atoms with Crippen molar-refractivity contribution in [2.45, 2.75) is 13.0 Å². The van der Waals surface area contributed by atoms with Crippen LogP contribution in [-0.4, -0.2) is 18.5 Å². The van der Waals surface area contributed by atoms with E-state index in [0.717, 1.165) is 24.5 Å². The maximum absolute atomic E-state index is 6.14. The van der Waals surface area contributed by atoms with Crippen molar-refractivity contribution < 1.29 is 0 Å². The molecule has 0 spiro atoms. The van der Waals surface area contributed by atoms with E-state index >= 15 is 0 Å². The Morgan fingerprint density at radius 3 is 2.61 bits per heavy atom. The van der Waals surface area contributed by atoms with Crippen LogP contribution in [0.2, 0.25) is 5.02 Å². The van der Waals surface area contributed by atoms with Gasteiger partial charge in [-0.2, -0.15) is 0 Å². The molecule has 0 unspecified atom stereocenters.